The number of carbonyl (C=O) groups is 2. The molecule has 1 saturated heterocycles. The average Bonchev–Trinajstić information content (AvgIpc) is 2.59. The molecule has 1 aromatic rings. The number of primary amides is 1. The Morgan fingerprint density at radius 3 is 2.92 bits per heavy atom. The number of nitrogens with one attached hydrogen (secondary N) is 2. The molecule has 1 aromatic carbocycles. The lowest BCUT2D eigenvalue weighted by molar-refractivity contribution is -0.384. The van der Waals surface area contributed by atoms with Crippen molar-refractivity contribution in [2.24, 2.45) is 11.7 Å². The van der Waals surface area contributed by atoms with Gasteiger partial charge in [0.1, 0.15) is 0 Å². The number of amides is 3. The van der Waals surface area contributed by atoms with Gasteiger partial charge in [0.25, 0.3) is 5.69 Å². The number of rotatable bonds is 7. The van der Waals surface area contributed by atoms with E-state index >= 15 is 0 Å². The molecule has 0 spiro atoms. The van der Waals surface area contributed by atoms with E-state index in [1.165, 1.54) is 18.2 Å². The SMILES string of the molecule is NC(=O)C1CCCN(CCCNC(=O)Nc2cccc([N+](=O)[O-])c2)C1. The molecule has 1 heterocycles. The number of non-ortho nitro benzene ring substituents is 1. The van der Waals surface area contributed by atoms with Crippen LogP contribution in [0.3, 0.4) is 0 Å². The number of nitrogens with two attached hydrogens (primary N) is 1. The van der Waals surface area contributed by atoms with Crippen LogP contribution in [-0.2, 0) is 4.79 Å². The van der Waals surface area contributed by atoms with Crippen molar-refractivity contribution in [3.05, 3.63) is 34.4 Å². The van der Waals surface area contributed by atoms with Gasteiger partial charge in [-0.25, -0.2) is 4.79 Å². The van der Waals surface area contributed by atoms with E-state index < -0.39 is 11.0 Å². The number of piperidine rings is 1. The maximum atomic E-state index is 11.8. The highest BCUT2D eigenvalue weighted by Gasteiger charge is 2.23. The van der Waals surface area contributed by atoms with E-state index in [9.17, 15) is 19.7 Å². The molecule has 0 radical (unpaired) electrons. The quantitative estimate of drug-likeness (QED) is 0.388. The molecule has 1 atom stereocenters. The Morgan fingerprint density at radius 2 is 2.20 bits per heavy atom. The van der Waals surface area contributed by atoms with Crippen molar-refractivity contribution >= 4 is 23.3 Å². The number of likely N-dealkylation sites (tertiary alicyclic amines) is 1. The first kappa shape index (κ1) is 18.7. The van der Waals surface area contributed by atoms with Gasteiger partial charge in [0.2, 0.25) is 5.91 Å². The molecule has 1 unspecified atom stereocenters. The first-order valence-corrected chi connectivity index (χ1v) is 8.26. The lowest BCUT2D eigenvalue weighted by Crippen LogP contribution is -2.42. The molecule has 0 aliphatic carbocycles. The minimum atomic E-state index is -0.513. The van der Waals surface area contributed by atoms with E-state index in [2.05, 4.69) is 15.5 Å². The van der Waals surface area contributed by atoms with Gasteiger partial charge in [-0.05, 0) is 38.4 Å². The smallest absolute Gasteiger partial charge is 0.319 e. The predicted octanol–water partition coefficient (Wildman–Crippen LogP) is 1.30. The number of hydrogen-bond acceptors (Lipinski definition) is 5. The topological polar surface area (TPSA) is 131 Å². The van der Waals surface area contributed by atoms with Crippen LogP contribution in [0.2, 0.25) is 0 Å². The number of nitro groups is 1. The lowest BCUT2D eigenvalue weighted by atomic mass is 9.97. The summed E-state index contributed by atoms with van der Waals surface area (Å²) in [5.41, 5.74) is 5.64. The van der Waals surface area contributed by atoms with Crippen LogP contribution >= 0.6 is 0 Å². The zero-order valence-electron chi connectivity index (χ0n) is 13.9. The number of nitrogens with zero attached hydrogens (tertiary/aromatic N) is 2. The predicted molar refractivity (Wildman–Crippen MR) is 93.1 cm³/mol. The van der Waals surface area contributed by atoms with Gasteiger partial charge in [0, 0.05) is 30.9 Å². The summed E-state index contributed by atoms with van der Waals surface area (Å²) < 4.78 is 0. The molecular formula is C16H23N5O4. The first-order chi connectivity index (χ1) is 12.0. The third-order valence-corrected chi connectivity index (χ3v) is 4.16. The second-order valence-corrected chi connectivity index (χ2v) is 6.08. The molecule has 25 heavy (non-hydrogen) atoms. The molecular weight excluding hydrogens is 326 g/mol. The van der Waals surface area contributed by atoms with E-state index in [-0.39, 0.29) is 17.5 Å². The fourth-order valence-corrected chi connectivity index (χ4v) is 2.87. The molecule has 136 valence electrons. The molecule has 9 heteroatoms. The Kier molecular flexibility index (Phi) is 6.70. The van der Waals surface area contributed by atoms with Gasteiger partial charge in [0.15, 0.2) is 0 Å². The second kappa shape index (κ2) is 8.97. The van der Waals surface area contributed by atoms with Gasteiger partial charge >= 0.3 is 6.03 Å². The van der Waals surface area contributed by atoms with Gasteiger partial charge in [0.05, 0.1) is 10.8 Å². The minimum Gasteiger partial charge on any atom is -0.369 e. The monoisotopic (exact) mass is 349 g/mol. The van der Waals surface area contributed by atoms with Crippen LogP contribution in [-0.4, -0.2) is 47.9 Å². The highest BCUT2D eigenvalue weighted by molar-refractivity contribution is 5.89. The normalized spacial score (nSPS) is 17.7. The van der Waals surface area contributed by atoms with Crippen LogP contribution in [0.15, 0.2) is 24.3 Å². The molecule has 1 fully saturated rings. The average molecular weight is 349 g/mol. The number of nitro benzene ring substituents is 1. The van der Waals surface area contributed by atoms with Gasteiger partial charge in [-0.1, -0.05) is 6.07 Å². The van der Waals surface area contributed by atoms with E-state index in [1.807, 2.05) is 0 Å². The number of urea groups is 1. The zero-order valence-corrected chi connectivity index (χ0v) is 13.9. The Morgan fingerprint density at radius 1 is 1.40 bits per heavy atom. The standard InChI is InChI=1S/C16H23N5O4/c17-15(22)12-4-2-8-20(11-12)9-3-7-18-16(23)19-13-5-1-6-14(10-13)21(24)25/h1,5-6,10,12H,2-4,7-9,11H2,(H2,17,22)(H2,18,19,23). The summed E-state index contributed by atoms with van der Waals surface area (Å²) in [6.07, 6.45) is 2.54. The van der Waals surface area contributed by atoms with Gasteiger partial charge in [-0.15, -0.1) is 0 Å². The molecule has 0 saturated carbocycles. The van der Waals surface area contributed by atoms with Crippen molar-refractivity contribution in [3.63, 3.8) is 0 Å². The van der Waals surface area contributed by atoms with Crippen molar-refractivity contribution in [1.29, 1.82) is 0 Å². The van der Waals surface area contributed by atoms with Crippen LogP contribution in [0, 0.1) is 16.0 Å². The van der Waals surface area contributed by atoms with Crippen molar-refractivity contribution in [2.75, 3.05) is 31.5 Å². The molecule has 1 aliphatic heterocycles. The van der Waals surface area contributed by atoms with Gasteiger partial charge in [-0.2, -0.15) is 0 Å². The summed E-state index contributed by atoms with van der Waals surface area (Å²) >= 11 is 0. The van der Waals surface area contributed by atoms with Crippen molar-refractivity contribution in [2.45, 2.75) is 19.3 Å². The fraction of sp³-hybridized carbons (Fsp3) is 0.500. The van der Waals surface area contributed by atoms with E-state index in [0.29, 0.717) is 18.8 Å². The van der Waals surface area contributed by atoms with Crippen molar-refractivity contribution < 1.29 is 14.5 Å². The summed E-state index contributed by atoms with van der Waals surface area (Å²) in [7, 11) is 0. The van der Waals surface area contributed by atoms with Gasteiger partial charge < -0.3 is 21.3 Å². The van der Waals surface area contributed by atoms with Crippen LogP contribution < -0.4 is 16.4 Å². The van der Waals surface area contributed by atoms with Gasteiger partial charge in [-0.3, -0.25) is 14.9 Å². The lowest BCUT2D eigenvalue weighted by Gasteiger charge is -2.31. The molecule has 3 amide bonds. The Hall–Kier alpha value is -2.68. The van der Waals surface area contributed by atoms with E-state index in [4.69, 9.17) is 5.73 Å². The number of carbonyl (C=O) groups excluding carboxylic acids is 2. The summed E-state index contributed by atoms with van der Waals surface area (Å²) in [4.78, 5) is 35.4. The van der Waals surface area contributed by atoms with Crippen molar-refractivity contribution in [3.8, 4) is 0 Å². The molecule has 0 aromatic heterocycles. The van der Waals surface area contributed by atoms with Crippen molar-refractivity contribution in [1.82, 2.24) is 10.2 Å². The maximum absolute atomic E-state index is 11.8. The van der Waals surface area contributed by atoms with Crippen LogP contribution in [0.1, 0.15) is 19.3 Å². The maximum Gasteiger partial charge on any atom is 0.319 e. The van der Waals surface area contributed by atoms with E-state index in [1.54, 1.807) is 6.07 Å². The third-order valence-electron chi connectivity index (χ3n) is 4.16. The highest BCUT2D eigenvalue weighted by Crippen LogP contribution is 2.17. The molecule has 1 aliphatic rings. The Balaban J connectivity index is 1.68. The molecule has 4 N–H and O–H groups in total. The fourth-order valence-electron chi connectivity index (χ4n) is 2.87. The Bertz CT molecular complexity index is 637. The number of benzene rings is 1. The van der Waals surface area contributed by atoms with Crippen LogP contribution in [0.4, 0.5) is 16.2 Å². The summed E-state index contributed by atoms with van der Waals surface area (Å²) in [5, 5.41) is 16.0. The first-order valence-electron chi connectivity index (χ1n) is 8.26. The number of hydrogen-bond donors (Lipinski definition) is 3. The van der Waals surface area contributed by atoms with Crippen LogP contribution in [0.25, 0.3) is 0 Å². The minimum absolute atomic E-state index is 0.0769. The summed E-state index contributed by atoms with van der Waals surface area (Å²) in [5.74, 6) is -0.335. The zero-order chi connectivity index (χ0) is 18.2. The third kappa shape index (κ3) is 6.03. The van der Waals surface area contributed by atoms with Crippen LogP contribution in [0.5, 0.6) is 0 Å². The summed E-state index contributed by atoms with van der Waals surface area (Å²) in [6, 6.07) is 5.36. The highest BCUT2D eigenvalue weighted by atomic mass is 16.6. The largest absolute Gasteiger partial charge is 0.369 e. The second-order valence-electron chi connectivity index (χ2n) is 6.08. The Labute approximate surface area is 145 Å². The summed E-state index contributed by atoms with van der Waals surface area (Å²) in [6.45, 7) is 2.86. The molecule has 2 rings (SSSR count). The number of anilines is 1. The van der Waals surface area contributed by atoms with E-state index in [0.717, 1.165) is 32.4 Å². The molecule has 9 nitrogen and oxygen atoms in total. The molecule has 0 bridgehead atoms.